The number of aromatic nitrogens is 3. The van der Waals surface area contributed by atoms with Gasteiger partial charge in [-0.05, 0) is 47.0 Å². The summed E-state index contributed by atoms with van der Waals surface area (Å²) >= 11 is 0. The Bertz CT molecular complexity index is 1400. The Morgan fingerprint density at radius 1 is 1.00 bits per heavy atom. The second-order valence-corrected chi connectivity index (χ2v) is 8.47. The number of piperidine rings is 1. The summed E-state index contributed by atoms with van der Waals surface area (Å²) < 4.78 is 27.3. The van der Waals surface area contributed by atoms with Gasteiger partial charge in [0.25, 0.3) is 5.92 Å². The van der Waals surface area contributed by atoms with Gasteiger partial charge in [0.2, 0.25) is 0 Å². The minimum absolute atomic E-state index is 0.0977. The lowest BCUT2D eigenvalue weighted by molar-refractivity contribution is -0.0566. The van der Waals surface area contributed by atoms with Crippen molar-refractivity contribution in [3.8, 4) is 11.1 Å². The molecule has 0 unspecified atom stereocenters. The highest BCUT2D eigenvalue weighted by molar-refractivity contribution is 5.88. The Hall–Kier alpha value is -3.85. The first kappa shape index (κ1) is 22.0. The van der Waals surface area contributed by atoms with Crippen LogP contribution in [0.5, 0.6) is 0 Å². The summed E-state index contributed by atoms with van der Waals surface area (Å²) in [6.45, 7) is 1.40. The molecule has 4 aromatic rings. The molecular weight excluding hydrogens is 440 g/mol. The van der Waals surface area contributed by atoms with Gasteiger partial charge in [-0.3, -0.25) is 4.90 Å². The monoisotopic (exact) mass is 463 g/mol. The smallest absolute Gasteiger partial charge is 0.384 e. The lowest BCUT2D eigenvalue weighted by Gasteiger charge is -2.31. The third-order valence-corrected chi connectivity index (χ3v) is 6.01. The molecule has 2 aromatic carbocycles. The maximum Gasteiger partial charge on any atom is 0.384 e. The van der Waals surface area contributed by atoms with Crippen molar-refractivity contribution in [3.63, 3.8) is 0 Å². The van der Waals surface area contributed by atoms with Gasteiger partial charge in [0.05, 0.1) is 5.39 Å². The Kier molecular flexibility index (Phi) is 5.70. The fraction of sp³-hybridized carbons (Fsp3) is 0.240. The fourth-order valence-corrected chi connectivity index (χ4v) is 4.20. The Morgan fingerprint density at radius 3 is 2.53 bits per heavy atom. The molecule has 34 heavy (non-hydrogen) atoms. The summed E-state index contributed by atoms with van der Waals surface area (Å²) in [5.74, 6) is -2.25. The minimum Gasteiger partial charge on any atom is -0.422 e. The standard InChI is InChI=1S/C25H23F2N5O2/c26-25(27)9-12-31(13-10-25)16-17-4-1-5-18(14-17)19-6-2-7-20(15-19)29-22-21-8-3-11-28-23(21)32(34)24(33)30-22/h1-8,11,14-15,34H,9-10,12-13,16H2,(H,29,30,33). The molecule has 2 aromatic heterocycles. The lowest BCUT2D eigenvalue weighted by atomic mass is 10.0. The summed E-state index contributed by atoms with van der Waals surface area (Å²) in [4.78, 5) is 22.1. The molecule has 5 rings (SSSR count). The van der Waals surface area contributed by atoms with Crippen LogP contribution in [-0.2, 0) is 6.54 Å². The van der Waals surface area contributed by atoms with Crippen molar-refractivity contribution in [2.24, 2.45) is 0 Å². The number of fused-ring (bicyclic) bond motifs is 1. The summed E-state index contributed by atoms with van der Waals surface area (Å²) in [5, 5.41) is 13.6. The molecule has 2 N–H and O–H groups in total. The third kappa shape index (κ3) is 4.60. The van der Waals surface area contributed by atoms with Gasteiger partial charge < -0.3 is 10.5 Å². The SMILES string of the molecule is O=c1nc(Nc2cccc(-c3cccc(CN4CCC(F)(F)CC4)c3)c2)c2cccnc2n1O. The van der Waals surface area contributed by atoms with E-state index in [2.05, 4.69) is 26.3 Å². The first-order valence-electron chi connectivity index (χ1n) is 11.0. The number of nitrogens with zero attached hydrogens (tertiary/aromatic N) is 4. The van der Waals surface area contributed by atoms with Crippen molar-refractivity contribution in [1.82, 2.24) is 19.6 Å². The average Bonchev–Trinajstić information content (AvgIpc) is 2.84. The van der Waals surface area contributed by atoms with Crippen LogP contribution in [0.25, 0.3) is 22.2 Å². The van der Waals surface area contributed by atoms with Gasteiger partial charge in [0, 0.05) is 44.4 Å². The number of pyridine rings is 1. The van der Waals surface area contributed by atoms with Gasteiger partial charge >= 0.3 is 5.69 Å². The number of rotatable bonds is 5. The van der Waals surface area contributed by atoms with Crippen LogP contribution in [0.4, 0.5) is 20.3 Å². The van der Waals surface area contributed by atoms with E-state index in [1.165, 1.54) is 6.20 Å². The van der Waals surface area contributed by atoms with Crippen LogP contribution in [0.1, 0.15) is 18.4 Å². The van der Waals surface area contributed by atoms with Gasteiger partial charge in [0.15, 0.2) is 5.65 Å². The van der Waals surface area contributed by atoms with Crippen molar-refractivity contribution in [3.05, 3.63) is 82.9 Å². The van der Waals surface area contributed by atoms with Gasteiger partial charge in [-0.2, -0.15) is 4.98 Å². The lowest BCUT2D eigenvalue weighted by Crippen LogP contribution is -2.38. The predicted octanol–water partition coefficient (Wildman–Crippen LogP) is 4.67. The second-order valence-electron chi connectivity index (χ2n) is 8.47. The van der Waals surface area contributed by atoms with E-state index in [0.717, 1.165) is 16.7 Å². The molecule has 0 bridgehead atoms. The highest BCUT2D eigenvalue weighted by Crippen LogP contribution is 2.30. The molecule has 9 heteroatoms. The number of anilines is 2. The summed E-state index contributed by atoms with van der Waals surface area (Å²) in [6.07, 6.45) is 1.29. The van der Waals surface area contributed by atoms with Gasteiger partial charge in [-0.1, -0.05) is 30.3 Å². The van der Waals surface area contributed by atoms with Crippen molar-refractivity contribution < 1.29 is 14.0 Å². The first-order chi connectivity index (χ1) is 16.4. The molecule has 3 heterocycles. The molecule has 1 aliphatic heterocycles. The molecule has 0 spiro atoms. The van der Waals surface area contributed by atoms with E-state index in [9.17, 15) is 18.8 Å². The van der Waals surface area contributed by atoms with E-state index >= 15 is 0 Å². The normalized spacial score (nSPS) is 15.9. The van der Waals surface area contributed by atoms with Crippen molar-refractivity contribution in [2.45, 2.75) is 25.3 Å². The number of nitrogens with one attached hydrogen (secondary N) is 1. The van der Waals surface area contributed by atoms with E-state index in [-0.39, 0.29) is 18.5 Å². The van der Waals surface area contributed by atoms with Crippen molar-refractivity contribution in [1.29, 1.82) is 0 Å². The number of benzene rings is 2. The van der Waals surface area contributed by atoms with Crippen molar-refractivity contribution >= 4 is 22.5 Å². The van der Waals surface area contributed by atoms with Crippen LogP contribution in [0.3, 0.4) is 0 Å². The van der Waals surface area contributed by atoms with Crippen LogP contribution < -0.4 is 11.0 Å². The molecule has 0 amide bonds. The highest BCUT2D eigenvalue weighted by atomic mass is 19.3. The van der Waals surface area contributed by atoms with Crippen LogP contribution in [0, 0.1) is 0 Å². The van der Waals surface area contributed by atoms with Gasteiger partial charge in [-0.15, -0.1) is 4.73 Å². The van der Waals surface area contributed by atoms with E-state index in [1.807, 2.05) is 42.5 Å². The molecule has 0 atom stereocenters. The fourth-order valence-electron chi connectivity index (χ4n) is 4.20. The summed E-state index contributed by atoms with van der Waals surface area (Å²) in [6, 6.07) is 19.1. The van der Waals surface area contributed by atoms with Crippen molar-refractivity contribution in [2.75, 3.05) is 18.4 Å². The van der Waals surface area contributed by atoms with Crippen LogP contribution in [0.2, 0.25) is 0 Å². The third-order valence-electron chi connectivity index (χ3n) is 6.01. The number of halogens is 2. The molecule has 7 nitrogen and oxygen atoms in total. The Balaban J connectivity index is 1.38. The first-order valence-corrected chi connectivity index (χ1v) is 11.0. The van der Waals surface area contributed by atoms with E-state index < -0.39 is 11.6 Å². The highest BCUT2D eigenvalue weighted by Gasteiger charge is 2.33. The van der Waals surface area contributed by atoms with Crippen LogP contribution in [0.15, 0.2) is 71.7 Å². The molecule has 1 saturated heterocycles. The van der Waals surface area contributed by atoms with E-state index in [4.69, 9.17) is 0 Å². The molecule has 0 saturated carbocycles. The zero-order valence-electron chi connectivity index (χ0n) is 18.3. The van der Waals surface area contributed by atoms with E-state index in [1.54, 1.807) is 12.1 Å². The summed E-state index contributed by atoms with van der Waals surface area (Å²) in [7, 11) is 0. The molecule has 174 valence electrons. The number of hydrogen-bond donors (Lipinski definition) is 2. The largest absolute Gasteiger partial charge is 0.422 e. The number of hydrogen-bond acceptors (Lipinski definition) is 6. The van der Waals surface area contributed by atoms with E-state index in [0.29, 0.717) is 41.3 Å². The topological polar surface area (TPSA) is 83.3 Å². The molecule has 0 aliphatic carbocycles. The zero-order valence-corrected chi connectivity index (χ0v) is 18.3. The zero-order chi connectivity index (χ0) is 23.7. The van der Waals surface area contributed by atoms with Crippen LogP contribution in [-0.4, -0.2) is 43.8 Å². The second kappa shape index (κ2) is 8.83. The maximum absolute atomic E-state index is 13.5. The van der Waals surface area contributed by atoms with Crippen LogP contribution >= 0.6 is 0 Å². The summed E-state index contributed by atoms with van der Waals surface area (Å²) in [5.41, 5.74) is 3.02. The molecule has 1 aliphatic rings. The number of alkyl halides is 2. The number of likely N-dealkylation sites (tertiary alicyclic amines) is 1. The Morgan fingerprint density at radius 2 is 1.74 bits per heavy atom. The Labute approximate surface area is 194 Å². The molecular formula is C25H23F2N5O2. The maximum atomic E-state index is 13.5. The van der Waals surface area contributed by atoms with Gasteiger partial charge in [-0.25, -0.2) is 18.6 Å². The van der Waals surface area contributed by atoms with Gasteiger partial charge in [0.1, 0.15) is 5.82 Å². The average molecular weight is 463 g/mol. The quantitative estimate of drug-likeness (QED) is 0.419. The minimum atomic E-state index is -2.55. The molecule has 0 radical (unpaired) electrons. The predicted molar refractivity (Wildman–Crippen MR) is 126 cm³/mol. The molecule has 1 fully saturated rings.